The summed E-state index contributed by atoms with van der Waals surface area (Å²) in [7, 11) is 0. The number of rotatable bonds is 9. The average molecular weight is 412 g/mol. The number of fused-ring (bicyclic) bond motifs is 1. The molecule has 1 heterocycles. The Balaban J connectivity index is 1.76. The molecule has 0 fully saturated rings. The van der Waals surface area contributed by atoms with Crippen molar-refractivity contribution in [2.24, 2.45) is 0 Å². The third-order valence-electron chi connectivity index (χ3n) is 4.19. The maximum atomic E-state index is 13.0. The molecule has 3 rings (SSSR count). The molecule has 1 aromatic heterocycles. The van der Waals surface area contributed by atoms with Gasteiger partial charge in [0.2, 0.25) is 5.91 Å². The Kier molecular flexibility index (Phi) is 7.43. The molecule has 0 atom stereocenters. The Hall–Kier alpha value is -2.64. The standard InChI is InChI=1S/C22H25N3O3S/c1-16(2)28-14-8-13-25-21(27)18-11-6-7-12-19(18)24-22(25)29-15-20(26)23-17-9-4-3-5-10-17/h3-7,9-12,16H,8,13-15H2,1-2H3,(H,23,26). The van der Waals surface area contributed by atoms with Crippen molar-refractivity contribution in [3.8, 4) is 0 Å². The molecular weight excluding hydrogens is 386 g/mol. The Labute approximate surface area is 174 Å². The fourth-order valence-corrected chi connectivity index (χ4v) is 3.67. The lowest BCUT2D eigenvalue weighted by atomic mass is 10.2. The normalized spacial score (nSPS) is 11.1. The highest BCUT2D eigenvalue weighted by atomic mass is 32.2. The predicted molar refractivity (Wildman–Crippen MR) is 118 cm³/mol. The molecule has 0 saturated carbocycles. The van der Waals surface area contributed by atoms with Crippen LogP contribution in [0.1, 0.15) is 20.3 Å². The van der Waals surface area contributed by atoms with E-state index in [9.17, 15) is 9.59 Å². The van der Waals surface area contributed by atoms with Gasteiger partial charge in [0, 0.05) is 18.8 Å². The number of hydrogen-bond donors (Lipinski definition) is 1. The minimum absolute atomic E-state index is 0.0916. The molecule has 6 nitrogen and oxygen atoms in total. The Bertz CT molecular complexity index is 1020. The number of para-hydroxylation sites is 2. The van der Waals surface area contributed by atoms with Gasteiger partial charge in [-0.3, -0.25) is 14.2 Å². The number of carbonyl (C=O) groups excluding carboxylic acids is 1. The van der Waals surface area contributed by atoms with Crippen LogP contribution in [0.4, 0.5) is 5.69 Å². The molecule has 0 saturated heterocycles. The molecule has 1 amide bonds. The zero-order valence-corrected chi connectivity index (χ0v) is 17.4. The van der Waals surface area contributed by atoms with E-state index in [1.54, 1.807) is 10.6 Å². The third-order valence-corrected chi connectivity index (χ3v) is 5.17. The minimum Gasteiger partial charge on any atom is -0.379 e. The summed E-state index contributed by atoms with van der Waals surface area (Å²) in [6.45, 7) is 5.02. The first-order valence-corrected chi connectivity index (χ1v) is 10.6. The molecule has 7 heteroatoms. The Morgan fingerprint density at radius 1 is 1.14 bits per heavy atom. The van der Waals surface area contributed by atoms with Crippen molar-refractivity contribution in [1.82, 2.24) is 9.55 Å². The van der Waals surface area contributed by atoms with Crippen LogP contribution in [0.15, 0.2) is 64.5 Å². The van der Waals surface area contributed by atoms with Gasteiger partial charge in [-0.15, -0.1) is 0 Å². The zero-order valence-electron chi connectivity index (χ0n) is 16.6. The number of aromatic nitrogens is 2. The number of nitrogens with one attached hydrogen (secondary N) is 1. The van der Waals surface area contributed by atoms with Crippen LogP contribution < -0.4 is 10.9 Å². The monoisotopic (exact) mass is 411 g/mol. The number of nitrogens with zero attached hydrogens (tertiary/aromatic N) is 2. The summed E-state index contributed by atoms with van der Waals surface area (Å²) in [4.78, 5) is 29.9. The van der Waals surface area contributed by atoms with E-state index >= 15 is 0 Å². The summed E-state index contributed by atoms with van der Waals surface area (Å²) in [6, 6.07) is 16.6. The second-order valence-electron chi connectivity index (χ2n) is 6.84. The molecule has 3 aromatic rings. The lowest BCUT2D eigenvalue weighted by Crippen LogP contribution is -2.25. The van der Waals surface area contributed by atoms with E-state index in [0.29, 0.717) is 35.6 Å². The second kappa shape index (κ2) is 10.2. The summed E-state index contributed by atoms with van der Waals surface area (Å²) in [5, 5.41) is 3.98. The van der Waals surface area contributed by atoms with Crippen LogP contribution in [0.3, 0.4) is 0 Å². The van der Waals surface area contributed by atoms with Crippen molar-refractivity contribution < 1.29 is 9.53 Å². The lowest BCUT2D eigenvalue weighted by Gasteiger charge is -2.14. The first-order chi connectivity index (χ1) is 14.0. The summed E-state index contributed by atoms with van der Waals surface area (Å²) in [5.74, 6) is 0.0284. The molecule has 0 spiro atoms. The maximum Gasteiger partial charge on any atom is 0.262 e. The van der Waals surface area contributed by atoms with Crippen LogP contribution in [0.2, 0.25) is 0 Å². The first kappa shape index (κ1) is 21.1. The number of amides is 1. The van der Waals surface area contributed by atoms with Crippen LogP contribution in [-0.4, -0.2) is 33.9 Å². The van der Waals surface area contributed by atoms with Crippen LogP contribution in [-0.2, 0) is 16.1 Å². The number of anilines is 1. The van der Waals surface area contributed by atoms with E-state index < -0.39 is 0 Å². The number of ether oxygens (including phenoxy) is 1. The average Bonchev–Trinajstić information content (AvgIpc) is 2.71. The molecule has 2 aromatic carbocycles. The Morgan fingerprint density at radius 3 is 2.62 bits per heavy atom. The van der Waals surface area contributed by atoms with Crippen molar-refractivity contribution in [2.75, 3.05) is 17.7 Å². The van der Waals surface area contributed by atoms with Gasteiger partial charge in [0.1, 0.15) is 0 Å². The van der Waals surface area contributed by atoms with Crippen LogP contribution in [0.5, 0.6) is 0 Å². The highest BCUT2D eigenvalue weighted by Crippen LogP contribution is 2.19. The quantitative estimate of drug-likeness (QED) is 0.328. The molecule has 152 valence electrons. The van der Waals surface area contributed by atoms with E-state index in [0.717, 1.165) is 5.69 Å². The summed E-state index contributed by atoms with van der Waals surface area (Å²) >= 11 is 1.27. The highest BCUT2D eigenvalue weighted by Gasteiger charge is 2.13. The molecule has 0 aliphatic heterocycles. The maximum absolute atomic E-state index is 13.0. The van der Waals surface area contributed by atoms with Crippen molar-refractivity contribution in [3.05, 3.63) is 65.0 Å². The second-order valence-corrected chi connectivity index (χ2v) is 7.79. The van der Waals surface area contributed by atoms with Crippen molar-refractivity contribution in [3.63, 3.8) is 0 Å². The number of benzene rings is 2. The van der Waals surface area contributed by atoms with Crippen LogP contribution in [0, 0.1) is 0 Å². The first-order valence-electron chi connectivity index (χ1n) is 9.63. The van der Waals surface area contributed by atoms with Gasteiger partial charge >= 0.3 is 0 Å². The van der Waals surface area contributed by atoms with Gasteiger partial charge in [0.15, 0.2) is 5.16 Å². The largest absolute Gasteiger partial charge is 0.379 e. The summed E-state index contributed by atoms with van der Waals surface area (Å²) < 4.78 is 7.23. The SMILES string of the molecule is CC(C)OCCCn1c(SCC(=O)Nc2ccccc2)nc2ccccc2c1=O. The number of thioether (sulfide) groups is 1. The zero-order chi connectivity index (χ0) is 20.6. The smallest absolute Gasteiger partial charge is 0.262 e. The van der Waals surface area contributed by atoms with Gasteiger partial charge in [-0.2, -0.15) is 0 Å². The highest BCUT2D eigenvalue weighted by molar-refractivity contribution is 7.99. The van der Waals surface area contributed by atoms with E-state index in [2.05, 4.69) is 10.3 Å². The number of carbonyl (C=O) groups is 1. The van der Waals surface area contributed by atoms with Gasteiger partial charge in [-0.05, 0) is 44.5 Å². The summed E-state index contributed by atoms with van der Waals surface area (Å²) in [5.41, 5.74) is 1.29. The number of hydrogen-bond acceptors (Lipinski definition) is 5. The Morgan fingerprint density at radius 2 is 1.86 bits per heavy atom. The van der Waals surface area contributed by atoms with Crippen molar-refractivity contribution >= 4 is 34.3 Å². The molecule has 0 aliphatic rings. The molecule has 0 aliphatic carbocycles. The molecular formula is C22H25N3O3S. The van der Waals surface area contributed by atoms with Crippen LogP contribution >= 0.6 is 11.8 Å². The molecule has 0 radical (unpaired) electrons. The fourth-order valence-electron chi connectivity index (χ4n) is 2.85. The fraction of sp³-hybridized carbons (Fsp3) is 0.318. The van der Waals surface area contributed by atoms with Gasteiger partial charge in [0.05, 0.1) is 22.8 Å². The van der Waals surface area contributed by atoms with E-state index in [-0.39, 0.29) is 23.3 Å². The minimum atomic E-state index is -0.140. The molecule has 0 unspecified atom stereocenters. The van der Waals surface area contributed by atoms with Crippen LogP contribution in [0.25, 0.3) is 10.9 Å². The van der Waals surface area contributed by atoms with Gasteiger partial charge in [-0.25, -0.2) is 4.98 Å². The van der Waals surface area contributed by atoms with Gasteiger partial charge < -0.3 is 10.1 Å². The lowest BCUT2D eigenvalue weighted by molar-refractivity contribution is -0.113. The molecule has 0 bridgehead atoms. The van der Waals surface area contributed by atoms with Gasteiger partial charge in [-0.1, -0.05) is 42.1 Å². The predicted octanol–water partition coefficient (Wildman–Crippen LogP) is 3.94. The molecule has 29 heavy (non-hydrogen) atoms. The third kappa shape index (κ3) is 5.92. The van der Waals surface area contributed by atoms with Gasteiger partial charge in [0.25, 0.3) is 5.56 Å². The van der Waals surface area contributed by atoms with E-state index in [1.165, 1.54) is 11.8 Å². The summed E-state index contributed by atoms with van der Waals surface area (Å²) in [6.07, 6.45) is 0.846. The van der Waals surface area contributed by atoms with E-state index in [1.807, 2.05) is 62.4 Å². The topological polar surface area (TPSA) is 73.2 Å². The molecule has 1 N–H and O–H groups in total. The van der Waals surface area contributed by atoms with Crippen molar-refractivity contribution in [1.29, 1.82) is 0 Å². The van der Waals surface area contributed by atoms with E-state index in [4.69, 9.17) is 4.74 Å². The van der Waals surface area contributed by atoms with Crippen molar-refractivity contribution in [2.45, 2.75) is 38.1 Å².